The van der Waals surface area contributed by atoms with Crippen molar-refractivity contribution in [1.82, 2.24) is 0 Å². The normalized spacial score (nSPS) is 12.4. The molecule has 0 fully saturated rings. The summed E-state index contributed by atoms with van der Waals surface area (Å²) in [6.07, 6.45) is 2.39. The lowest BCUT2D eigenvalue weighted by atomic mass is 10.2. The molecule has 1 aromatic heterocycles. The predicted octanol–water partition coefficient (Wildman–Crippen LogP) is 4.12. The van der Waals surface area contributed by atoms with Gasteiger partial charge in [0.15, 0.2) is 0 Å². The van der Waals surface area contributed by atoms with Crippen LogP contribution in [0.15, 0.2) is 41.0 Å². The Morgan fingerprint density at radius 1 is 1.41 bits per heavy atom. The molecule has 0 bridgehead atoms. The molecular formula is C13H13ClFNO. The van der Waals surface area contributed by atoms with Crippen LogP contribution in [0.4, 0.5) is 10.1 Å². The average molecular weight is 254 g/mol. The van der Waals surface area contributed by atoms with Crippen LogP contribution >= 0.6 is 11.6 Å². The van der Waals surface area contributed by atoms with Crippen LogP contribution in [0.3, 0.4) is 0 Å². The summed E-state index contributed by atoms with van der Waals surface area (Å²) in [5, 5.41) is 3.32. The minimum absolute atomic E-state index is 0.134. The van der Waals surface area contributed by atoms with Gasteiger partial charge in [0.2, 0.25) is 0 Å². The Kier molecular flexibility index (Phi) is 3.69. The summed E-state index contributed by atoms with van der Waals surface area (Å²) in [6.45, 7) is 2.01. The van der Waals surface area contributed by atoms with Crippen LogP contribution < -0.4 is 5.32 Å². The Bertz CT molecular complexity index is 484. The molecule has 0 aliphatic heterocycles. The van der Waals surface area contributed by atoms with Gasteiger partial charge in [-0.1, -0.05) is 11.6 Å². The molecule has 1 aromatic carbocycles. The lowest BCUT2D eigenvalue weighted by molar-refractivity contribution is 0.497. The first-order chi connectivity index (χ1) is 8.15. The van der Waals surface area contributed by atoms with E-state index >= 15 is 0 Å². The molecule has 0 aliphatic carbocycles. The highest BCUT2D eigenvalue weighted by molar-refractivity contribution is 6.30. The van der Waals surface area contributed by atoms with Crippen molar-refractivity contribution in [1.29, 1.82) is 0 Å². The SMILES string of the molecule is CC(Cc1ccco1)Nc1ccc(Cl)c(F)c1. The maximum Gasteiger partial charge on any atom is 0.143 e. The van der Waals surface area contributed by atoms with Crippen LogP contribution in [0.5, 0.6) is 0 Å². The van der Waals surface area contributed by atoms with Crippen molar-refractivity contribution >= 4 is 17.3 Å². The molecule has 1 heterocycles. The Hall–Kier alpha value is -1.48. The first-order valence-electron chi connectivity index (χ1n) is 5.39. The van der Waals surface area contributed by atoms with Crippen molar-refractivity contribution in [3.63, 3.8) is 0 Å². The lowest BCUT2D eigenvalue weighted by Crippen LogP contribution is -2.17. The summed E-state index contributed by atoms with van der Waals surface area (Å²) in [4.78, 5) is 0. The fourth-order valence-corrected chi connectivity index (χ4v) is 1.77. The number of hydrogen-bond donors (Lipinski definition) is 1. The van der Waals surface area contributed by atoms with Crippen molar-refractivity contribution in [2.45, 2.75) is 19.4 Å². The molecule has 0 aliphatic rings. The van der Waals surface area contributed by atoms with Crippen molar-refractivity contribution in [3.8, 4) is 0 Å². The van der Waals surface area contributed by atoms with Crippen LogP contribution in [0, 0.1) is 5.82 Å². The molecule has 0 spiro atoms. The first kappa shape index (κ1) is 12.0. The summed E-state index contributed by atoms with van der Waals surface area (Å²) < 4.78 is 18.5. The van der Waals surface area contributed by atoms with Gasteiger partial charge in [-0.15, -0.1) is 0 Å². The number of rotatable bonds is 4. The van der Waals surface area contributed by atoms with Gasteiger partial charge in [0.05, 0.1) is 11.3 Å². The maximum atomic E-state index is 13.2. The largest absolute Gasteiger partial charge is 0.469 e. The molecule has 1 N–H and O–H groups in total. The molecule has 0 saturated carbocycles. The van der Waals surface area contributed by atoms with Crippen LogP contribution in [0.25, 0.3) is 0 Å². The number of nitrogens with one attached hydrogen (secondary N) is 1. The van der Waals surface area contributed by atoms with E-state index in [1.165, 1.54) is 6.07 Å². The monoisotopic (exact) mass is 253 g/mol. The highest BCUT2D eigenvalue weighted by Gasteiger charge is 2.07. The van der Waals surface area contributed by atoms with Gasteiger partial charge in [-0.05, 0) is 37.3 Å². The standard InChI is InChI=1S/C13H13ClFNO/c1-9(7-11-3-2-6-17-11)16-10-4-5-12(14)13(15)8-10/h2-6,8-9,16H,7H2,1H3. The van der Waals surface area contributed by atoms with Gasteiger partial charge in [-0.3, -0.25) is 0 Å². The van der Waals surface area contributed by atoms with E-state index in [0.717, 1.165) is 12.2 Å². The zero-order valence-electron chi connectivity index (χ0n) is 9.41. The van der Waals surface area contributed by atoms with E-state index in [2.05, 4.69) is 5.32 Å². The summed E-state index contributed by atoms with van der Waals surface area (Å²) in [7, 11) is 0. The topological polar surface area (TPSA) is 25.2 Å². The molecule has 2 rings (SSSR count). The minimum Gasteiger partial charge on any atom is -0.469 e. The van der Waals surface area contributed by atoms with Crippen molar-refractivity contribution < 1.29 is 8.81 Å². The fourth-order valence-electron chi connectivity index (χ4n) is 1.65. The van der Waals surface area contributed by atoms with Crippen LogP contribution in [0.1, 0.15) is 12.7 Å². The number of benzene rings is 1. The molecule has 0 amide bonds. The molecule has 4 heteroatoms. The van der Waals surface area contributed by atoms with E-state index in [-0.39, 0.29) is 11.1 Å². The van der Waals surface area contributed by atoms with Crippen molar-refractivity contribution in [3.05, 3.63) is 53.2 Å². The quantitative estimate of drug-likeness (QED) is 0.887. The molecule has 1 unspecified atom stereocenters. The number of furan rings is 1. The summed E-state index contributed by atoms with van der Waals surface area (Å²) in [6, 6.07) is 8.61. The Balaban J connectivity index is 1.98. The molecule has 0 saturated heterocycles. The zero-order chi connectivity index (χ0) is 12.3. The molecule has 2 nitrogen and oxygen atoms in total. The van der Waals surface area contributed by atoms with Gasteiger partial charge >= 0.3 is 0 Å². The Morgan fingerprint density at radius 2 is 2.24 bits per heavy atom. The smallest absolute Gasteiger partial charge is 0.143 e. The molecule has 90 valence electrons. The van der Waals surface area contributed by atoms with Crippen LogP contribution in [-0.4, -0.2) is 6.04 Å². The Labute approximate surface area is 104 Å². The van der Waals surface area contributed by atoms with E-state index < -0.39 is 5.82 Å². The van der Waals surface area contributed by atoms with Crippen molar-refractivity contribution in [2.24, 2.45) is 0 Å². The van der Waals surface area contributed by atoms with Gasteiger partial charge in [0, 0.05) is 18.2 Å². The highest BCUT2D eigenvalue weighted by Crippen LogP contribution is 2.19. The molecule has 2 aromatic rings. The van der Waals surface area contributed by atoms with Gasteiger partial charge < -0.3 is 9.73 Å². The first-order valence-corrected chi connectivity index (χ1v) is 5.77. The second-order valence-corrected chi connectivity index (χ2v) is 4.36. The van der Waals surface area contributed by atoms with Gasteiger partial charge in [0.25, 0.3) is 0 Å². The van der Waals surface area contributed by atoms with E-state index in [9.17, 15) is 4.39 Å². The van der Waals surface area contributed by atoms with E-state index in [1.54, 1.807) is 18.4 Å². The van der Waals surface area contributed by atoms with Crippen LogP contribution in [0.2, 0.25) is 5.02 Å². The second kappa shape index (κ2) is 5.23. The summed E-state index contributed by atoms with van der Waals surface area (Å²) in [5.41, 5.74) is 0.714. The predicted molar refractivity (Wildman–Crippen MR) is 66.9 cm³/mol. The Morgan fingerprint density at radius 3 is 2.88 bits per heavy atom. The minimum atomic E-state index is -0.415. The molecular weight excluding hydrogens is 241 g/mol. The second-order valence-electron chi connectivity index (χ2n) is 3.96. The summed E-state index contributed by atoms with van der Waals surface area (Å²) >= 11 is 5.61. The third kappa shape index (κ3) is 3.24. The number of anilines is 1. The third-order valence-electron chi connectivity index (χ3n) is 2.42. The fraction of sp³-hybridized carbons (Fsp3) is 0.231. The van der Waals surface area contributed by atoms with E-state index in [0.29, 0.717) is 5.69 Å². The highest BCUT2D eigenvalue weighted by atomic mass is 35.5. The lowest BCUT2D eigenvalue weighted by Gasteiger charge is -2.14. The van der Waals surface area contributed by atoms with Gasteiger partial charge in [0.1, 0.15) is 11.6 Å². The zero-order valence-corrected chi connectivity index (χ0v) is 10.2. The van der Waals surface area contributed by atoms with E-state index in [1.807, 2.05) is 19.1 Å². The van der Waals surface area contributed by atoms with E-state index in [4.69, 9.17) is 16.0 Å². The third-order valence-corrected chi connectivity index (χ3v) is 2.73. The number of halogens is 2. The van der Waals surface area contributed by atoms with Crippen molar-refractivity contribution in [2.75, 3.05) is 5.32 Å². The molecule has 1 atom stereocenters. The van der Waals surface area contributed by atoms with Gasteiger partial charge in [-0.2, -0.15) is 0 Å². The van der Waals surface area contributed by atoms with Crippen LogP contribution in [-0.2, 0) is 6.42 Å². The molecule has 17 heavy (non-hydrogen) atoms. The maximum absolute atomic E-state index is 13.2. The average Bonchev–Trinajstić information content (AvgIpc) is 2.76. The molecule has 0 radical (unpaired) electrons. The summed E-state index contributed by atoms with van der Waals surface area (Å²) in [5.74, 6) is 0.487. The number of hydrogen-bond acceptors (Lipinski definition) is 2. The van der Waals surface area contributed by atoms with Gasteiger partial charge in [-0.25, -0.2) is 4.39 Å².